The van der Waals surface area contributed by atoms with Crippen LogP contribution in [-0.2, 0) is 24.6 Å². The molecule has 0 spiro atoms. The second-order valence-electron chi connectivity index (χ2n) is 15.0. The molecule has 0 atom stereocenters. The number of rotatable bonds is 20. The third-order valence-corrected chi connectivity index (χ3v) is 10.3. The zero-order chi connectivity index (χ0) is 45.5. The van der Waals surface area contributed by atoms with Crippen LogP contribution in [-0.4, -0.2) is 33.4 Å². The maximum atomic E-state index is 6.66. The lowest BCUT2D eigenvalue weighted by molar-refractivity contribution is 0.287. The van der Waals surface area contributed by atoms with Crippen LogP contribution in [0, 0.1) is 0 Å². The number of methoxy groups -OCH3 is 4. The molecule has 0 radical (unpaired) electrons. The first kappa shape index (κ1) is 44.3. The van der Waals surface area contributed by atoms with E-state index in [4.69, 9.17) is 47.4 Å². The van der Waals surface area contributed by atoms with E-state index in [1.807, 2.05) is 158 Å². The van der Waals surface area contributed by atoms with Gasteiger partial charge in [0.05, 0.1) is 34.7 Å². The average Bonchev–Trinajstić information content (AvgIpc) is 3.37. The number of aromatic nitrogens is 1. The molecule has 0 N–H and O–H groups in total. The highest BCUT2D eigenvalue weighted by Crippen LogP contribution is 2.39. The van der Waals surface area contributed by atoms with Crippen LogP contribution in [0.4, 0.5) is 0 Å². The Balaban J connectivity index is 1.09. The van der Waals surface area contributed by atoms with Crippen molar-refractivity contribution < 1.29 is 47.4 Å². The van der Waals surface area contributed by atoms with Crippen molar-refractivity contribution in [2.75, 3.05) is 28.4 Å². The lowest BCUT2D eigenvalue weighted by atomic mass is 10.1. The van der Waals surface area contributed by atoms with Gasteiger partial charge in [0, 0.05) is 54.9 Å². The monoisotopic (exact) mass is 883 g/mol. The van der Waals surface area contributed by atoms with Gasteiger partial charge in [-0.05, 0) is 113 Å². The maximum Gasteiger partial charge on any atom is 0.134 e. The molecular weight excluding hydrogens is 835 g/mol. The highest BCUT2D eigenvalue weighted by atomic mass is 16.5. The minimum Gasteiger partial charge on any atom is -0.497 e. The molecule has 8 rings (SSSR count). The Bertz CT molecular complexity index is 2710. The molecule has 0 unspecified atom stereocenters. The van der Waals surface area contributed by atoms with Gasteiger partial charge in [0.2, 0.25) is 0 Å². The molecule has 0 bridgehead atoms. The minimum atomic E-state index is 0.311. The van der Waals surface area contributed by atoms with E-state index in [0.29, 0.717) is 72.2 Å². The number of ether oxygens (including phenoxy) is 10. The van der Waals surface area contributed by atoms with Crippen LogP contribution in [0.3, 0.4) is 0 Å². The van der Waals surface area contributed by atoms with Gasteiger partial charge < -0.3 is 47.4 Å². The molecule has 6 aromatic carbocycles. The van der Waals surface area contributed by atoms with E-state index in [9.17, 15) is 0 Å². The normalized spacial score (nSPS) is 12.4. The molecule has 1 aliphatic carbocycles. The highest BCUT2D eigenvalue weighted by molar-refractivity contribution is 5.67. The molecule has 11 nitrogen and oxygen atoms in total. The molecule has 0 saturated heterocycles. The molecular formula is C55H49NO10. The molecule has 66 heavy (non-hydrogen) atoms. The lowest BCUT2D eigenvalue weighted by Crippen LogP contribution is -1.99. The predicted octanol–water partition coefficient (Wildman–Crippen LogP) is 12.8. The van der Waals surface area contributed by atoms with Crippen molar-refractivity contribution in [3.8, 4) is 74.4 Å². The fraction of sp³-hybridized carbons (Fsp3) is 0.145. The number of allylic oxidation sites excluding steroid dienone is 4. The standard InChI is InChI=1S/C55H49NO10/c1-57-44-13-5-38(6-14-44)34-61-48-27-49(62-35-39-7-15-45(58-2)16-8-39)30-54(29-48)65-52-25-43(42-21-23-56-24-22-42)26-53(33-52)66-55-31-50(63-36-40-9-17-46(59-3)18-10-40)28-51(32-55)64-37-41-11-19-47(60-4)20-12-41/h5-11,13-33,37H,12,34-36H2,1-4H3/b41-37-. The summed E-state index contributed by atoms with van der Waals surface area (Å²) < 4.78 is 59.9. The first-order valence-corrected chi connectivity index (χ1v) is 21.2. The van der Waals surface area contributed by atoms with Crippen LogP contribution >= 0.6 is 0 Å². The van der Waals surface area contributed by atoms with Gasteiger partial charge in [-0.25, -0.2) is 0 Å². The van der Waals surface area contributed by atoms with E-state index in [2.05, 4.69) is 4.98 Å². The van der Waals surface area contributed by atoms with Gasteiger partial charge >= 0.3 is 0 Å². The van der Waals surface area contributed by atoms with Crippen LogP contribution in [0.25, 0.3) is 11.1 Å². The quantitative estimate of drug-likeness (QED) is 0.0683. The van der Waals surface area contributed by atoms with E-state index in [-0.39, 0.29) is 0 Å². The van der Waals surface area contributed by atoms with Gasteiger partial charge in [0.25, 0.3) is 0 Å². The zero-order valence-corrected chi connectivity index (χ0v) is 37.1. The van der Waals surface area contributed by atoms with Crippen LogP contribution in [0.1, 0.15) is 23.1 Å². The second kappa shape index (κ2) is 21.9. The fourth-order valence-corrected chi connectivity index (χ4v) is 6.79. The van der Waals surface area contributed by atoms with Crippen molar-refractivity contribution in [2.24, 2.45) is 0 Å². The van der Waals surface area contributed by atoms with Crippen molar-refractivity contribution in [3.63, 3.8) is 0 Å². The summed E-state index contributed by atoms with van der Waals surface area (Å²) >= 11 is 0. The minimum absolute atomic E-state index is 0.311. The SMILES string of the molecule is COC1=CC/C(=C\Oc2cc(OCc3ccc(OC)cc3)cc(Oc3cc(Oc4cc(OCc5ccc(OC)cc5)cc(OCc5ccc(OC)cc5)c4)cc(-c4ccncc4)c3)c2)C=C1. The predicted molar refractivity (Wildman–Crippen MR) is 252 cm³/mol. The van der Waals surface area contributed by atoms with Crippen LogP contribution < -0.4 is 42.6 Å². The summed E-state index contributed by atoms with van der Waals surface area (Å²) in [5.41, 5.74) is 5.64. The number of nitrogens with zero attached hydrogens (tertiary/aromatic N) is 1. The van der Waals surface area contributed by atoms with Gasteiger partial charge in [-0.1, -0.05) is 42.5 Å². The Morgan fingerprint density at radius 2 is 0.818 bits per heavy atom. The molecule has 7 aromatic rings. The summed E-state index contributed by atoms with van der Waals surface area (Å²) in [7, 11) is 6.57. The van der Waals surface area contributed by atoms with E-state index in [1.165, 1.54) is 0 Å². The first-order valence-electron chi connectivity index (χ1n) is 21.2. The largest absolute Gasteiger partial charge is 0.497 e. The maximum absolute atomic E-state index is 6.66. The first-order chi connectivity index (χ1) is 32.4. The van der Waals surface area contributed by atoms with Crippen molar-refractivity contribution in [1.82, 2.24) is 4.98 Å². The topological polar surface area (TPSA) is 105 Å². The highest BCUT2D eigenvalue weighted by Gasteiger charge is 2.14. The van der Waals surface area contributed by atoms with E-state index < -0.39 is 0 Å². The number of pyridine rings is 1. The summed E-state index contributed by atoms with van der Waals surface area (Å²) in [6.45, 7) is 0.940. The molecule has 0 saturated carbocycles. The molecule has 0 aliphatic heterocycles. The fourth-order valence-electron chi connectivity index (χ4n) is 6.79. The van der Waals surface area contributed by atoms with Gasteiger partial charge in [-0.15, -0.1) is 0 Å². The molecule has 1 heterocycles. The Hall–Kier alpha value is -8.31. The van der Waals surface area contributed by atoms with Gasteiger partial charge in [0.1, 0.15) is 88.8 Å². The third-order valence-electron chi connectivity index (χ3n) is 10.3. The average molecular weight is 884 g/mol. The van der Waals surface area contributed by atoms with Crippen LogP contribution in [0.5, 0.6) is 63.2 Å². The van der Waals surface area contributed by atoms with Crippen molar-refractivity contribution >= 4 is 0 Å². The van der Waals surface area contributed by atoms with Crippen molar-refractivity contribution in [2.45, 2.75) is 26.2 Å². The Kier molecular flexibility index (Phi) is 14.7. The van der Waals surface area contributed by atoms with E-state index in [1.54, 1.807) is 47.1 Å². The van der Waals surface area contributed by atoms with Crippen LogP contribution in [0.2, 0.25) is 0 Å². The van der Waals surface area contributed by atoms with Gasteiger partial charge in [-0.3, -0.25) is 4.98 Å². The summed E-state index contributed by atoms with van der Waals surface area (Å²) in [5, 5.41) is 0. The third kappa shape index (κ3) is 12.4. The second-order valence-corrected chi connectivity index (χ2v) is 15.0. The molecule has 1 aliphatic rings. The number of benzene rings is 6. The van der Waals surface area contributed by atoms with Gasteiger partial charge in [-0.2, -0.15) is 0 Å². The van der Waals surface area contributed by atoms with E-state index >= 15 is 0 Å². The lowest BCUT2D eigenvalue weighted by Gasteiger charge is -2.16. The summed E-state index contributed by atoms with van der Waals surface area (Å²) in [5.74, 6) is 7.29. The van der Waals surface area contributed by atoms with Crippen LogP contribution in [0.15, 0.2) is 188 Å². The molecule has 334 valence electrons. The van der Waals surface area contributed by atoms with E-state index in [0.717, 1.165) is 56.4 Å². The van der Waals surface area contributed by atoms with Crippen molar-refractivity contribution in [3.05, 3.63) is 204 Å². The number of hydrogen-bond donors (Lipinski definition) is 0. The Morgan fingerprint density at radius 3 is 1.24 bits per heavy atom. The van der Waals surface area contributed by atoms with Gasteiger partial charge in [0.15, 0.2) is 0 Å². The summed E-state index contributed by atoms with van der Waals surface area (Å²) in [4.78, 5) is 4.24. The molecule has 1 aromatic heterocycles. The zero-order valence-electron chi connectivity index (χ0n) is 37.1. The Labute approximate surface area is 384 Å². The molecule has 0 fully saturated rings. The number of hydrogen-bond acceptors (Lipinski definition) is 11. The molecule has 0 amide bonds. The smallest absolute Gasteiger partial charge is 0.134 e. The Morgan fingerprint density at radius 1 is 0.409 bits per heavy atom. The van der Waals surface area contributed by atoms with Crippen molar-refractivity contribution in [1.29, 1.82) is 0 Å². The summed E-state index contributed by atoms with van der Waals surface area (Å²) in [6.07, 6.45) is 11.7. The molecule has 11 heteroatoms. The summed E-state index contributed by atoms with van der Waals surface area (Å²) in [6, 6.07) is 43.7.